The molecule has 5 heteroatoms. The van der Waals surface area contributed by atoms with Gasteiger partial charge in [0, 0.05) is 11.3 Å². The third-order valence-corrected chi connectivity index (χ3v) is 4.08. The number of nitrogens with zero attached hydrogens (tertiary/aromatic N) is 1. The number of hydrogen-bond acceptors (Lipinski definition) is 4. The van der Waals surface area contributed by atoms with Crippen molar-refractivity contribution in [2.24, 2.45) is 0 Å². The smallest absolute Gasteiger partial charge is 0.266 e. The maximum atomic E-state index is 12.5. The molecule has 0 bridgehead atoms. The van der Waals surface area contributed by atoms with E-state index in [0.717, 1.165) is 11.1 Å². The highest BCUT2D eigenvalue weighted by Crippen LogP contribution is 2.32. The Morgan fingerprint density at radius 1 is 1.33 bits per heavy atom. The largest absolute Gasteiger partial charge is 0.504 e. The number of carbonyl (C=O) groups excluding carboxylic acids is 1. The Hall–Kier alpha value is -3.52. The molecule has 0 radical (unpaired) electrons. The zero-order valence-corrected chi connectivity index (χ0v) is 15.7. The quantitative estimate of drug-likeness (QED) is 0.456. The average molecular weight is 362 g/mol. The van der Waals surface area contributed by atoms with Crippen molar-refractivity contribution >= 4 is 17.7 Å². The molecule has 0 saturated heterocycles. The minimum atomic E-state index is -0.497. The number of anilines is 1. The molecule has 0 aliphatic carbocycles. The van der Waals surface area contributed by atoms with Crippen molar-refractivity contribution in [3.8, 4) is 17.6 Å². The van der Waals surface area contributed by atoms with E-state index in [1.54, 1.807) is 18.2 Å². The van der Waals surface area contributed by atoms with Crippen LogP contribution in [0.1, 0.15) is 22.3 Å². The summed E-state index contributed by atoms with van der Waals surface area (Å²) in [4.78, 5) is 12.5. The number of phenolic OH excluding ortho intramolecular Hbond substituents is 1. The van der Waals surface area contributed by atoms with Gasteiger partial charge in [0.25, 0.3) is 5.91 Å². The molecule has 0 heterocycles. The predicted molar refractivity (Wildman–Crippen MR) is 107 cm³/mol. The molecule has 0 atom stereocenters. The molecule has 0 unspecified atom stereocenters. The average Bonchev–Trinajstić information content (AvgIpc) is 2.65. The molecule has 5 nitrogen and oxygen atoms in total. The van der Waals surface area contributed by atoms with Crippen LogP contribution >= 0.6 is 0 Å². The third-order valence-electron chi connectivity index (χ3n) is 4.08. The fourth-order valence-corrected chi connectivity index (χ4v) is 2.61. The number of ether oxygens (including phenoxy) is 1. The first-order valence-electron chi connectivity index (χ1n) is 8.40. The molecule has 0 aromatic heterocycles. The van der Waals surface area contributed by atoms with Crippen molar-refractivity contribution in [3.05, 3.63) is 70.8 Å². The highest BCUT2D eigenvalue weighted by atomic mass is 16.5. The molecule has 0 spiro atoms. The standard InChI is InChI=1S/C22H22N2O3/c1-5-6-17-10-16(12-20(27-4)21(17)25)11-18(13-23)22(26)24-19-9-14(2)7-8-15(19)3/h5,7-12,25H,1,6H2,2-4H3,(H,24,26)/b18-11+. The van der Waals surface area contributed by atoms with Gasteiger partial charge in [-0.1, -0.05) is 18.2 Å². The first-order chi connectivity index (χ1) is 12.9. The molecular weight excluding hydrogens is 340 g/mol. The summed E-state index contributed by atoms with van der Waals surface area (Å²) >= 11 is 0. The van der Waals surface area contributed by atoms with Crippen LogP contribution in [-0.2, 0) is 11.2 Å². The maximum absolute atomic E-state index is 12.5. The molecule has 2 aromatic rings. The molecule has 2 aromatic carbocycles. The third kappa shape index (κ3) is 4.77. The summed E-state index contributed by atoms with van der Waals surface area (Å²) in [5.74, 6) is -0.204. The lowest BCUT2D eigenvalue weighted by molar-refractivity contribution is -0.112. The fraction of sp³-hybridized carbons (Fsp3) is 0.182. The number of phenols is 1. The van der Waals surface area contributed by atoms with Crippen LogP contribution in [0, 0.1) is 25.2 Å². The van der Waals surface area contributed by atoms with E-state index in [9.17, 15) is 15.2 Å². The highest BCUT2D eigenvalue weighted by Gasteiger charge is 2.13. The monoisotopic (exact) mass is 362 g/mol. The van der Waals surface area contributed by atoms with Crippen LogP contribution < -0.4 is 10.1 Å². The number of aryl methyl sites for hydroxylation is 2. The van der Waals surface area contributed by atoms with Crippen LogP contribution in [0.15, 0.2) is 48.6 Å². The zero-order valence-electron chi connectivity index (χ0n) is 15.7. The number of methoxy groups -OCH3 is 1. The van der Waals surface area contributed by atoms with E-state index in [1.165, 1.54) is 13.2 Å². The fourth-order valence-electron chi connectivity index (χ4n) is 2.61. The lowest BCUT2D eigenvalue weighted by atomic mass is 10.0. The van der Waals surface area contributed by atoms with Gasteiger partial charge in [-0.15, -0.1) is 6.58 Å². The summed E-state index contributed by atoms with van der Waals surface area (Å²) in [5.41, 5.74) is 3.71. The number of benzene rings is 2. The Bertz CT molecular complexity index is 953. The van der Waals surface area contributed by atoms with E-state index in [0.29, 0.717) is 23.2 Å². The number of hydrogen-bond donors (Lipinski definition) is 2. The second-order valence-electron chi connectivity index (χ2n) is 6.17. The van der Waals surface area contributed by atoms with Crippen LogP contribution in [0.5, 0.6) is 11.5 Å². The van der Waals surface area contributed by atoms with E-state index in [-0.39, 0.29) is 17.1 Å². The normalized spacial score (nSPS) is 10.8. The minimum Gasteiger partial charge on any atom is -0.504 e. The Morgan fingerprint density at radius 3 is 2.70 bits per heavy atom. The molecule has 0 saturated carbocycles. The van der Waals surface area contributed by atoms with Gasteiger partial charge >= 0.3 is 0 Å². The summed E-state index contributed by atoms with van der Waals surface area (Å²) in [6.07, 6.45) is 3.55. The van der Waals surface area contributed by atoms with Gasteiger partial charge in [0.2, 0.25) is 0 Å². The van der Waals surface area contributed by atoms with E-state index in [4.69, 9.17) is 4.74 Å². The first-order valence-corrected chi connectivity index (χ1v) is 8.40. The molecule has 0 aliphatic heterocycles. The number of aromatic hydroxyl groups is 1. The van der Waals surface area contributed by atoms with Crippen molar-refractivity contribution in [3.63, 3.8) is 0 Å². The second kappa shape index (κ2) is 8.72. The first kappa shape index (κ1) is 19.8. The van der Waals surface area contributed by atoms with E-state index >= 15 is 0 Å². The highest BCUT2D eigenvalue weighted by molar-refractivity contribution is 6.10. The molecule has 0 fully saturated rings. The number of nitrogens with one attached hydrogen (secondary N) is 1. The van der Waals surface area contributed by atoms with Gasteiger partial charge in [-0.2, -0.15) is 5.26 Å². The minimum absolute atomic E-state index is 0.0212. The molecule has 2 rings (SSSR count). The number of allylic oxidation sites excluding steroid dienone is 1. The molecular formula is C22H22N2O3. The van der Waals surface area contributed by atoms with E-state index < -0.39 is 5.91 Å². The Kier molecular flexibility index (Phi) is 6.40. The Morgan fingerprint density at radius 2 is 2.07 bits per heavy atom. The van der Waals surface area contributed by atoms with Crippen molar-refractivity contribution in [1.29, 1.82) is 5.26 Å². The number of nitriles is 1. The molecule has 0 aliphatic rings. The van der Waals surface area contributed by atoms with Gasteiger partial charge in [0.15, 0.2) is 11.5 Å². The Balaban J connectivity index is 2.39. The molecule has 2 N–H and O–H groups in total. The lowest BCUT2D eigenvalue weighted by Gasteiger charge is -2.11. The van der Waals surface area contributed by atoms with Crippen molar-refractivity contribution in [2.75, 3.05) is 12.4 Å². The summed E-state index contributed by atoms with van der Waals surface area (Å²) in [5, 5.41) is 22.4. The van der Waals surface area contributed by atoms with Crippen LogP contribution in [0.2, 0.25) is 0 Å². The van der Waals surface area contributed by atoms with Crippen LogP contribution in [0.25, 0.3) is 6.08 Å². The van der Waals surface area contributed by atoms with Crippen LogP contribution in [0.4, 0.5) is 5.69 Å². The lowest BCUT2D eigenvalue weighted by Crippen LogP contribution is -2.14. The van der Waals surface area contributed by atoms with Crippen molar-refractivity contribution in [1.82, 2.24) is 0 Å². The van der Waals surface area contributed by atoms with Crippen LogP contribution in [-0.4, -0.2) is 18.1 Å². The molecule has 1 amide bonds. The van der Waals surface area contributed by atoms with Crippen LogP contribution in [0.3, 0.4) is 0 Å². The SMILES string of the molecule is C=CCc1cc(/C=C(\C#N)C(=O)Nc2cc(C)ccc2C)cc(OC)c1O. The summed E-state index contributed by atoms with van der Waals surface area (Å²) in [7, 11) is 1.44. The summed E-state index contributed by atoms with van der Waals surface area (Å²) < 4.78 is 5.18. The topological polar surface area (TPSA) is 82.4 Å². The van der Waals surface area contributed by atoms with Gasteiger partial charge in [-0.05, 0) is 61.2 Å². The predicted octanol–water partition coefficient (Wildman–Crippen LogP) is 4.29. The summed E-state index contributed by atoms with van der Waals surface area (Å²) in [6.45, 7) is 7.48. The Labute approximate surface area is 159 Å². The number of amides is 1. The maximum Gasteiger partial charge on any atom is 0.266 e. The van der Waals surface area contributed by atoms with Gasteiger partial charge in [0.1, 0.15) is 11.6 Å². The van der Waals surface area contributed by atoms with E-state index in [1.807, 2.05) is 38.1 Å². The van der Waals surface area contributed by atoms with Gasteiger partial charge < -0.3 is 15.2 Å². The van der Waals surface area contributed by atoms with Crippen molar-refractivity contribution in [2.45, 2.75) is 20.3 Å². The summed E-state index contributed by atoms with van der Waals surface area (Å²) in [6, 6.07) is 10.9. The van der Waals surface area contributed by atoms with Gasteiger partial charge in [-0.25, -0.2) is 0 Å². The number of rotatable bonds is 6. The molecule has 27 heavy (non-hydrogen) atoms. The second-order valence-corrected chi connectivity index (χ2v) is 6.17. The van der Waals surface area contributed by atoms with E-state index in [2.05, 4.69) is 11.9 Å². The number of carbonyl (C=O) groups is 1. The van der Waals surface area contributed by atoms with Crippen molar-refractivity contribution < 1.29 is 14.6 Å². The molecule has 138 valence electrons. The van der Waals surface area contributed by atoms with Gasteiger partial charge in [0.05, 0.1) is 7.11 Å². The van der Waals surface area contributed by atoms with Gasteiger partial charge in [-0.3, -0.25) is 4.79 Å². The zero-order chi connectivity index (χ0) is 20.0.